The zero-order valence-electron chi connectivity index (χ0n) is 12.4. The first-order valence-corrected chi connectivity index (χ1v) is 7.36. The SMILES string of the molecule is CNc1ccnc(C(=O)NC(C)CN2CCCCC2)c1. The van der Waals surface area contributed by atoms with Crippen LogP contribution in [-0.4, -0.2) is 48.5 Å². The molecule has 0 aliphatic carbocycles. The molecule has 1 unspecified atom stereocenters. The lowest BCUT2D eigenvalue weighted by Gasteiger charge is -2.29. The number of hydrogen-bond donors (Lipinski definition) is 2. The molecule has 1 atom stereocenters. The van der Waals surface area contributed by atoms with Crippen LogP contribution in [-0.2, 0) is 0 Å². The van der Waals surface area contributed by atoms with E-state index in [-0.39, 0.29) is 11.9 Å². The Morgan fingerprint density at radius 3 is 2.85 bits per heavy atom. The van der Waals surface area contributed by atoms with Gasteiger partial charge in [0, 0.05) is 31.5 Å². The van der Waals surface area contributed by atoms with Crippen molar-refractivity contribution in [3.63, 3.8) is 0 Å². The highest BCUT2D eigenvalue weighted by atomic mass is 16.1. The fourth-order valence-electron chi connectivity index (χ4n) is 2.58. The fraction of sp³-hybridized carbons (Fsp3) is 0.600. The lowest BCUT2D eigenvalue weighted by Crippen LogP contribution is -2.43. The maximum Gasteiger partial charge on any atom is 0.270 e. The highest BCUT2D eigenvalue weighted by molar-refractivity contribution is 5.93. The van der Waals surface area contributed by atoms with E-state index >= 15 is 0 Å². The van der Waals surface area contributed by atoms with E-state index in [1.165, 1.54) is 19.3 Å². The van der Waals surface area contributed by atoms with Crippen LogP contribution in [0.5, 0.6) is 0 Å². The van der Waals surface area contributed by atoms with Gasteiger partial charge in [0.05, 0.1) is 0 Å². The van der Waals surface area contributed by atoms with Crippen LogP contribution in [0.25, 0.3) is 0 Å². The third-order valence-electron chi connectivity index (χ3n) is 3.64. The van der Waals surface area contributed by atoms with Crippen molar-refractivity contribution in [1.29, 1.82) is 0 Å². The molecular formula is C15H24N4O. The van der Waals surface area contributed by atoms with E-state index in [0.29, 0.717) is 5.69 Å². The molecule has 1 aliphatic heterocycles. The van der Waals surface area contributed by atoms with Crippen LogP contribution in [0.3, 0.4) is 0 Å². The van der Waals surface area contributed by atoms with Crippen molar-refractivity contribution in [2.75, 3.05) is 32.0 Å². The summed E-state index contributed by atoms with van der Waals surface area (Å²) in [4.78, 5) is 18.7. The second-order valence-electron chi connectivity index (χ2n) is 5.42. The van der Waals surface area contributed by atoms with Gasteiger partial charge in [0.25, 0.3) is 5.91 Å². The van der Waals surface area contributed by atoms with Gasteiger partial charge in [0.1, 0.15) is 5.69 Å². The molecular weight excluding hydrogens is 252 g/mol. The van der Waals surface area contributed by atoms with Crippen LogP contribution < -0.4 is 10.6 Å². The Balaban J connectivity index is 1.86. The van der Waals surface area contributed by atoms with Gasteiger partial charge in [0.2, 0.25) is 0 Å². The van der Waals surface area contributed by atoms with Gasteiger partial charge in [-0.3, -0.25) is 9.78 Å². The summed E-state index contributed by atoms with van der Waals surface area (Å²) in [5.41, 5.74) is 1.36. The minimum atomic E-state index is -0.105. The Bertz CT molecular complexity index is 443. The fourth-order valence-corrected chi connectivity index (χ4v) is 2.58. The molecule has 1 aliphatic rings. The van der Waals surface area contributed by atoms with Crippen molar-refractivity contribution in [2.45, 2.75) is 32.2 Å². The van der Waals surface area contributed by atoms with Crippen LogP contribution in [0, 0.1) is 0 Å². The first-order valence-electron chi connectivity index (χ1n) is 7.36. The molecule has 1 amide bonds. The molecule has 2 N–H and O–H groups in total. The Kier molecular flexibility index (Phi) is 5.35. The summed E-state index contributed by atoms with van der Waals surface area (Å²) in [6, 6.07) is 3.75. The molecule has 0 aromatic carbocycles. The maximum atomic E-state index is 12.1. The van der Waals surface area contributed by atoms with Gasteiger partial charge in [-0.15, -0.1) is 0 Å². The first-order chi connectivity index (χ1) is 9.69. The van der Waals surface area contributed by atoms with Crippen molar-refractivity contribution < 1.29 is 4.79 Å². The number of rotatable bonds is 5. The third-order valence-corrected chi connectivity index (χ3v) is 3.64. The molecule has 20 heavy (non-hydrogen) atoms. The standard InChI is InChI=1S/C15H24N4O/c1-12(11-19-8-4-3-5-9-19)18-15(20)14-10-13(16-2)6-7-17-14/h6-7,10,12H,3-5,8-9,11H2,1-2H3,(H,16,17)(H,18,20). The molecule has 1 fully saturated rings. The number of hydrogen-bond acceptors (Lipinski definition) is 4. The molecule has 1 aromatic rings. The number of nitrogens with one attached hydrogen (secondary N) is 2. The number of carbonyl (C=O) groups excluding carboxylic acids is 1. The highest BCUT2D eigenvalue weighted by Gasteiger charge is 2.16. The number of anilines is 1. The molecule has 5 nitrogen and oxygen atoms in total. The van der Waals surface area contributed by atoms with Gasteiger partial charge >= 0.3 is 0 Å². The molecule has 2 rings (SSSR count). The Morgan fingerprint density at radius 2 is 2.15 bits per heavy atom. The molecule has 0 saturated carbocycles. The molecule has 1 saturated heterocycles. The maximum absolute atomic E-state index is 12.1. The average molecular weight is 276 g/mol. The summed E-state index contributed by atoms with van der Waals surface area (Å²) >= 11 is 0. The first kappa shape index (κ1) is 14.8. The molecule has 5 heteroatoms. The Labute approximate surface area is 120 Å². The Hall–Kier alpha value is -1.62. The van der Waals surface area contributed by atoms with E-state index in [1.807, 2.05) is 13.1 Å². The highest BCUT2D eigenvalue weighted by Crippen LogP contribution is 2.10. The predicted molar refractivity (Wildman–Crippen MR) is 81.0 cm³/mol. The van der Waals surface area contributed by atoms with Gasteiger partial charge < -0.3 is 15.5 Å². The smallest absolute Gasteiger partial charge is 0.270 e. The molecule has 1 aromatic heterocycles. The zero-order valence-corrected chi connectivity index (χ0v) is 12.4. The number of aromatic nitrogens is 1. The van der Waals surface area contributed by atoms with Gasteiger partial charge in [-0.25, -0.2) is 0 Å². The van der Waals surface area contributed by atoms with Gasteiger partial charge in [0.15, 0.2) is 0 Å². The zero-order chi connectivity index (χ0) is 14.4. The molecule has 0 bridgehead atoms. The van der Waals surface area contributed by atoms with E-state index in [0.717, 1.165) is 25.3 Å². The van der Waals surface area contributed by atoms with Crippen molar-refractivity contribution >= 4 is 11.6 Å². The van der Waals surface area contributed by atoms with Crippen LogP contribution >= 0.6 is 0 Å². The van der Waals surface area contributed by atoms with Crippen LogP contribution in [0.4, 0.5) is 5.69 Å². The topological polar surface area (TPSA) is 57.3 Å². The third kappa shape index (κ3) is 4.20. The second kappa shape index (κ2) is 7.24. The van der Waals surface area contributed by atoms with E-state index in [2.05, 4.69) is 27.4 Å². The largest absolute Gasteiger partial charge is 0.388 e. The molecule has 0 spiro atoms. The van der Waals surface area contributed by atoms with E-state index in [1.54, 1.807) is 12.3 Å². The van der Waals surface area contributed by atoms with E-state index < -0.39 is 0 Å². The summed E-state index contributed by atoms with van der Waals surface area (Å²) in [6.45, 7) is 5.26. The number of amides is 1. The molecule has 0 radical (unpaired) electrons. The normalized spacial score (nSPS) is 17.5. The number of carbonyl (C=O) groups is 1. The second-order valence-corrected chi connectivity index (χ2v) is 5.42. The number of nitrogens with zero attached hydrogens (tertiary/aromatic N) is 2. The van der Waals surface area contributed by atoms with Gasteiger partial charge in [-0.1, -0.05) is 6.42 Å². The lowest BCUT2D eigenvalue weighted by atomic mass is 10.1. The molecule has 110 valence electrons. The lowest BCUT2D eigenvalue weighted by molar-refractivity contribution is 0.0920. The van der Waals surface area contributed by atoms with E-state index in [4.69, 9.17) is 0 Å². The van der Waals surface area contributed by atoms with E-state index in [9.17, 15) is 4.79 Å². The molecule has 2 heterocycles. The number of piperidine rings is 1. The van der Waals surface area contributed by atoms with Crippen molar-refractivity contribution in [1.82, 2.24) is 15.2 Å². The summed E-state index contributed by atoms with van der Waals surface area (Å²) in [5, 5.41) is 6.04. The number of likely N-dealkylation sites (tertiary alicyclic amines) is 1. The van der Waals surface area contributed by atoms with Crippen molar-refractivity contribution in [3.05, 3.63) is 24.0 Å². The van der Waals surface area contributed by atoms with Crippen LogP contribution in [0.2, 0.25) is 0 Å². The van der Waals surface area contributed by atoms with Crippen molar-refractivity contribution in [3.8, 4) is 0 Å². The predicted octanol–water partition coefficient (Wildman–Crippen LogP) is 1.73. The average Bonchev–Trinajstić information content (AvgIpc) is 2.48. The summed E-state index contributed by atoms with van der Waals surface area (Å²) in [6.07, 6.45) is 5.52. The summed E-state index contributed by atoms with van der Waals surface area (Å²) in [5.74, 6) is -0.105. The number of pyridine rings is 1. The van der Waals surface area contributed by atoms with Crippen LogP contribution in [0.15, 0.2) is 18.3 Å². The van der Waals surface area contributed by atoms with Crippen LogP contribution in [0.1, 0.15) is 36.7 Å². The van der Waals surface area contributed by atoms with Gasteiger partial charge in [-0.2, -0.15) is 0 Å². The van der Waals surface area contributed by atoms with Gasteiger partial charge in [-0.05, 0) is 45.0 Å². The summed E-state index contributed by atoms with van der Waals surface area (Å²) in [7, 11) is 1.83. The van der Waals surface area contributed by atoms with Crippen molar-refractivity contribution in [2.24, 2.45) is 0 Å². The summed E-state index contributed by atoms with van der Waals surface area (Å²) < 4.78 is 0. The monoisotopic (exact) mass is 276 g/mol. The minimum Gasteiger partial charge on any atom is -0.388 e. The quantitative estimate of drug-likeness (QED) is 0.860. The minimum absolute atomic E-state index is 0.105. The Morgan fingerprint density at radius 1 is 1.40 bits per heavy atom.